The number of carbonyl (C=O) groups is 2. The lowest BCUT2D eigenvalue weighted by atomic mass is 9.79. The number of halogens is 2. The minimum absolute atomic E-state index is 0.0486. The number of hydrogen-bond acceptors (Lipinski definition) is 3. The van der Waals surface area contributed by atoms with Crippen molar-refractivity contribution in [1.29, 1.82) is 0 Å². The number of benzene rings is 2. The highest BCUT2D eigenvalue weighted by atomic mass is 19.1. The average Bonchev–Trinajstić information content (AvgIpc) is 3.40. The predicted octanol–water partition coefficient (Wildman–Crippen LogP) is 4.12. The Morgan fingerprint density at radius 3 is 1.94 bits per heavy atom. The van der Waals surface area contributed by atoms with Gasteiger partial charge in [-0.3, -0.25) is 9.59 Å². The van der Waals surface area contributed by atoms with Crippen molar-refractivity contribution in [2.24, 2.45) is 0 Å². The molecule has 2 aromatic carbocycles. The second-order valence-electron chi connectivity index (χ2n) is 8.22. The molecule has 180 valence electrons. The lowest BCUT2D eigenvalue weighted by Gasteiger charge is -2.26. The number of amides is 2. The quantitative estimate of drug-likeness (QED) is 0.433. The molecule has 1 unspecified atom stereocenters. The van der Waals surface area contributed by atoms with Crippen LogP contribution in [0.4, 0.5) is 8.78 Å². The van der Waals surface area contributed by atoms with Crippen molar-refractivity contribution < 1.29 is 23.5 Å². The molecule has 1 aromatic heterocycles. The predicted molar refractivity (Wildman–Crippen MR) is 127 cm³/mol. The molecule has 1 atom stereocenters. The molecular weight excluding hydrogens is 440 g/mol. The first-order valence-electron chi connectivity index (χ1n) is 11.2. The number of rotatable bonds is 4. The van der Waals surface area contributed by atoms with Crippen LogP contribution in [-0.4, -0.2) is 42.1 Å². The third-order valence-electron chi connectivity index (χ3n) is 5.76. The van der Waals surface area contributed by atoms with Crippen LogP contribution in [0.15, 0.2) is 54.6 Å². The Morgan fingerprint density at radius 1 is 1.00 bits per heavy atom. The first-order chi connectivity index (χ1) is 16.4. The van der Waals surface area contributed by atoms with E-state index in [-0.39, 0.29) is 24.0 Å². The zero-order valence-corrected chi connectivity index (χ0v) is 19.0. The summed E-state index contributed by atoms with van der Waals surface area (Å²) < 4.78 is 26.3. The first kappa shape index (κ1) is 25.1. The standard InChI is InChI=1S/C20H17F2N.C4H7NO2.C2H5NO/c21-16-8-4-14(5-9-16)19-12-18(13-2-1-3-13)20(23-19)15-6-10-17(22)11-7-15;6-3-1-4(7)5-2-3;1-3-2-4/h4-13,23H,1-3H2;3,6H,1-2H2,(H,5,7);2H,1H3,(H,3,4). The summed E-state index contributed by atoms with van der Waals surface area (Å²) in [4.78, 5) is 22.7. The summed E-state index contributed by atoms with van der Waals surface area (Å²) in [5.74, 6) is 0.0375. The van der Waals surface area contributed by atoms with Crippen LogP contribution in [0.2, 0.25) is 0 Å². The minimum atomic E-state index is -0.438. The maximum Gasteiger partial charge on any atom is 0.222 e. The van der Waals surface area contributed by atoms with Crippen LogP contribution in [0.5, 0.6) is 0 Å². The second-order valence-corrected chi connectivity index (χ2v) is 8.22. The van der Waals surface area contributed by atoms with Gasteiger partial charge in [0, 0.05) is 25.0 Å². The lowest BCUT2D eigenvalue weighted by Crippen LogP contribution is -2.14. The van der Waals surface area contributed by atoms with E-state index in [0.717, 1.165) is 22.5 Å². The van der Waals surface area contributed by atoms with Crippen molar-refractivity contribution in [2.45, 2.75) is 37.7 Å². The van der Waals surface area contributed by atoms with Gasteiger partial charge >= 0.3 is 0 Å². The number of β-amino-alcohol motifs (C(OH)–C–C–N with tert-alkyl or cyclic N) is 1. The highest BCUT2D eigenvalue weighted by Crippen LogP contribution is 2.42. The minimum Gasteiger partial charge on any atom is -0.391 e. The van der Waals surface area contributed by atoms with E-state index in [1.807, 2.05) is 0 Å². The molecule has 2 amide bonds. The summed E-state index contributed by atoms with van der Waals surface area (Å²) in [6.07, 6.45) is 4.10. The number of aromatic nitrogens is 1. The van der Waals surface area contributed by atoms with Crippen LogP contribution in [0.1, 0.15) is 37.2 Å². The molecule has 0 spiro atoms. The molecule has 1 saturated heterocycles. The Hall–Kier alpha value is -3.52. The molecule has 0 bridgehead atoms. The van der Waals surface area contributed by atoms with Crippen molar-refractivity contribution in [3.63, 3.8) is 0 Å². The molecule has 0 radical (unpaired) electrons. The van der Waals surface area contributed by atoms with Gasteiger partial charge in [-0.25, -0.2) is 8.78 Å². The number of H-pyrrole nitrogens is 1. The molecule has 1 aliphatic carbocycles. The first-order valence-corrected chi connectivity index (χ1v) is 11.2. The molecule has 2 fully saturated rings. The average molecular weight is 470 g/mol. The summed E-state index contributed by atoms with van der Waals surface area (Å²) in [7, 11) is 1.56. The Balaban J connectivity index is 0.000000245. The highest BCUT2D eigenvalue weighted by Gasteiger charge is 2.25. The number of hydrogen-bond donors (Lipinski definition) is 4. The van der Waals surface area contributed by atoms with Gasteiger partial charge in [-0.05, 0) is 90.0 Å². The van der Waals surface area contributed by atoms with Crippen LogP contribution in [0.25, 0.3) is 22.5 Å². The molecule has 6 nitrogen and oxygen atoms in total. The summed E-state index contributed by atoms with van der Waals surface area (Å²) in [6.45, 7) is 0.429. The fourth-order valence-corrected chi connectivity index (χ4v) is 3.74. The number of aliphatic hydroxyl groups is 1. The van der Waals surface area contributed by atoms with Crippen molar-refractivity contribution in [1.82, 2.24) is 15.6 Å². The monoisotopic (exact) mass is 469 g/mol. The summed E-state index contributed by atoms with van der Waals surface area (Å²) in [5.41, 5.74) is 5.25. The molecule has 1 aliphatic heterocycles. The van der Waals surface area contributed by atoms with E-state index in [1.54, 1.807) is 31.3 Å². The van der Waals surface area contributed by atoms with Crippen molar-refractivity contribution in [3.05, 3.63) is 71.8 Å². The zero-order valence-electron chi connectivity index (χ0n) is 19.0. The normalized spacial score (nSPS) is 16.8. The number of aromatic amines is 1. The molecule has 4 N–H and O–H groups in total. The maximum atomic E-state index is 13.2. The molecule has 2 heterocycles. The van der Waals surface area contributed by atoms with Crippen molar-refractivity contribution in [3.8, 4) is 22.5 Å². The Bertz CT molecular complexity index is 1080. The van der Waals surface area contributed by atoms with Gasteiger partial charge in [0.15, 0.2) is 0 Å². The largest absolute Gasteiger partial charge is 0.391 e. The topological polar surface area (TPSA) is 94.2 Å². The van der Waals surface area contributed by atoms with E-state index in [9.17, 15) is 13.6 Å². The molecule has 8 heteroatoms. The van der Waals surface area contributed by atoms with Gasteiger partial charge in [-0.1, -0.05) is 6.42 Å². The Kier molecular flexibility index (Phi) is 8.93. The van der Waals surface area contributed by atoms with Crippen molar-refractivity contribution >= 4 is 12.3 Å². The molecule has 2 aliphatic rings. The third-order valence-corrected chi connectivity index (χ3v) is 5.76. The second kappa shape index (κ2) is 12.1. The summed E-state index contributed by atoms with van der Waals surface area (Å²) >= 11 is 0. The number of carbonyl (C=O) groups excluding carboxylic acids is 2. The van der Waals surface area contributed by atoms with Gasteiger partial charge in [0.1, 0.15) is 11.6 Å². The van der Waals surface area contributed by atoms with E-state index in [1.165, 1.54) is 49.1 Å². The number of nitrogens with one attached hydrogen (secondary N) is 3. The van der Waals surface area contributed by atoms with E-state index < -0.39 is 6.10 Å². The Labute approximate surface area is 197 Å². The van der Waals surface area contributed by atoms with E-state index in [0.29, 0.717) is 18.9 Å². The van der Waals surface area contributed by atoms with Crippen LogP contribution < -0.4 is 10.6 Å². The third kappa shape index (κ3) is 6.74. The van der Waals surface area contributed by atoms with Crippen molar-refractivity contribution in [2.75, 3.05) is 13.6 Å². The zero-order chi connectivity index (χ0) is 24.5. The van der Waals surface area contributed by atoms with Gasteiger partial charge in [0.25, 0.3) is 0 Å². The van der Waals surface area contributed by atoms with E-state index in [2.05, 4.69) is 21.7 Å². The van der Waals surface area contributed by atoms with Crippen LogP contribution in [0.3, 0.4) is 0 Å². The van der Waals surface area contributed by atoms with E-state index >= 15 is 0 Å². The maximum absolute atomic E-state index is 13.2. The summed E-state index contributed by atoms with van der Waals surface area (Å²) in [6, 6.07) is 15.2. The van der Waals surface area contributed by atoms with Gasteiger partial charge in [-0.15, -0.1) is 0 Å². The molecule has 3 aromatic rings. The SMILES string of the molecule is CNC=O.Fc1ccc(-c2cc(C3CCC3)c(-c3ccc(F)cc3)[nH]2)cc1.O=C1CC(O)CN1. The van der Waals surface area contributed by atoms with E-state index in [4.69, 9.17) is 9.90 Å². The fourth-order valence-electron chi connectivity index (χ4n) is 3.74. The van der Waals surface area contributed by atoms with Crippen LogP contribution in [0, 0.1) is 11.6 Å². The van der Waals surface area contributed by atoms with Gasteiger partial charge < -0.3 is 20.7 Å². The highest BCUT2D eigenvalue weighted by molar-refractivity contribution is 5.78. The lowest BCUT2D eigenvalue weighted by molar-refractivity contribution is -0.119. The molecule has 34 heavy (non-hydrogen) atoms. The number of aliphatic hydroxyl groups excluding tert-OH is 1. The molecule has 1 saturated carbocycles. The van der Waals surface area contributed by atoms with Gasteiger partial charge in [0.2, 0.25) is 12.3 Å². The fraction of sp³-hybridized carbons (Fsp3) is 0.308. The molecule has 5 rings (SSSR count). The van der Waals surface area contributed by atoms with Gasteiger partial charge in [-0.2, -0.15) is 0 Å². The smallest absolute Gasteiger partial charge is 0.222 e. The molecular formula is C26H29F2N3O3. The van der Waals surface area contributed by atoms with Gasteiger partial charge in [0.05, 0.1) is 12.5 Å². The van der Waals surface area contributed by atoms with Crippen LogP contribution >= 0.6 is 0 Å². The summed E-state index contributed by atoms with van der Waals surface area (Å²) in [5, 5.41) is 13.3. The van der Waals surface area contributed by atoms with Crippen LogP contribution in [-0.2, 0) is 9.59 Å². The Morgan fingerprint density at radius 2 is 1.56 bits per heavy atom.